The van der Waals surface area contributed by atoms with Crippen molar-refractivity contribution in [2.45, 2.75) is 12.5 Å². The number of hydrogen-bond acceptors (Lipinski definition) is 5. The van der Waals surface area contributed by atoms with Crippen LogP contribution in [0.3, 0.4) is 0 Å². The largest absolute Gasteiger partial charge is 0.376 e. The number of aliphatic imine (C=N–C) groups is 1. The molecule has 2 fully saturated rings. The summed E-state index contributed by atoms with van der Waals surface area (Å²) in [5, 5.41) is 4.86. The monoisotopic (exact) mass is 557 g/mol. The van der Waals surface area contributed by atoms with Crippen molar-refractivity contribution in [3.63, 3.8) is 0 Å². The van der Waals surface area contributed by atoms with E-state index in [2.05, 4.69) is 26.2 Å². The fourth-order valence-corrected chi connectivity index (χ4v) is 4.32. The number of guanidine groups is 1. The van der Waals surface area contributed by atoms with E-state index in [0.717, 1.165) is 56.5 Å². The standard InChI is InChI=1S/C23H29Cl2N5O2.BrH/c24-19-5-4-18(21(25)15-19)6-8-27-23(28-16-20-17-31-13-14-32-20)30-11-9-29(10-12-30)22-3-1-2-7-26-22;/h1-5,7,15,20H,6,8-14,16-17H2,(H,27,28);1H/t20-;/m0./s1. The number of pyridine rings is 1. The number of anilines is 1. The van der Waals surface area contributed by atoms with E-state index in [-0.39, 0.29) is 23.1 Å². The van der Waals surface area contributed by atoms with Crippen LogP contribution in [0.4, 0.5) is 5.82 Å². The number of nitrogens with one attached hydrogen (secondary N) is 1. The molecule has 33 heavy (non-hydrogen) atoms. The maximum atomic E-state index is 6.34. The zero-order valence-corrected chi connectivity index (χ0v) is 21.7. The highest BCUT2D eigenvalue weighted by Crippen LogP contribution is 2.21. The van der Waals surface area contributed by atoms with Crippen LogP contribution < -0.4 is 10.2 Å². The third-order valence-electron chi connectivity index (χ3n) is 5.57. The van der Waals surface area contributed by atoms with Crippen molar-refractivity contribution in [3.05, 3.63) is 58.2 Å². The molecule has 0 unspecified atom stereocenters. The summed E-state index contributed by atoms with van der Waals surface area (Å²) in [6.07, 6.45) is 2.62. The van der Waals surface area contributed by atoms with Gasteiger partial charge in [0, 0.05) is 49.0 Å². The Labute approximate surface area is 215 Å². The van der Waals surface area contributed by atoms with Gasteiger partial charge in [-0.15, -0.1) is 17.0 Å². The molecule has 1 atom stereocenters. The van der Waals surface area contributed by atoms with Crippen LogP contribution in [0, 0.1) is 0 Å². The van der Waals surface area contributed by atoms with Gasteiger partial charge in [-0.3, -0.25) is 4.99 Å². The molecule has 180 valence electrons. The molecule has 1 aromatic heterocycles. The lowest BCUT2D eigenvalue weighted by atomic mass is 10.1. The molecule has 0 bridgehead atoms. The molecule has 0 saturated carbocycles. The molecule has 0 aliphatic carbocycles. The fourth-order valence-electron chi connectivity index (χ4n) is 3.82. The fraction of sp³-hybridized carbons (Fsp3) is 0.478. The smallest absolute Gasteiger partial charge is 0.194 e. The van der Waals surface area contributed by atoms with Gasteiger partial charge in [-0.25, -0.2) is 4.98 Å². The second-order valence-electron chi connectivity index (χ2n) is 7.81. The minimum Gasteiger partial charge on any atom is -0.376 e. The molecule has 2 aromatic rings. The number of nitrogens with zero attached hydrogens (tertiary/aromatic N) is 4. The second kappa shape index (κ2) is 13.3. The molecule has 3 heterocycles. The first-order valence-electron chi connectivity index (χ1n) is 11.0. The highest BCUT2D eigenvalue weighted by molar-refractivity contribution is 8.93. The summed E-state index contributed by atoms with van der Waals surface area (Å²) in [5.74, 6) is 1.91. The van der Waals surface area contributed by atoms with E-state index in [1.807, 2.05) is 30.5 Å². The maximum Gasteiger partial charge on any atom is 0.194 e. The Kier molecular flexibility index (Phi) is 10.5. The summed E-state index contributed by atoms with van der Waals surface area (Å²) >= 11 is 12.4. The number of benzene rings is 1. The zero-order chi connectivity index (χ0) is 22.2. The average molecular weight is 559 g/mol. The molecular weight excluding hydrogens is 529 g/mol. The van der Waals surface area contributed by atoms with Crippen molar-refractivity contribution in [2.24, 2.45) is 4.99 Å². The first-order valence-corrected chi connectivity index (χ1v) is 11.8. The Bertz CT molecular complexity index is 892. The van der Waals surface area contributed by atoms with Gasteiger partial charge in [-0.1, -0.05) is 35.3 Å². The molecule has 2 aliphatic rings. The zero-order valence-electron chi connectivity index (χ0n) is 18.5. The van der Waals surface area contributed by atoms with E-state index in [1.165, 1.54) is 0 Å². The summed E-state index contributed by atoms with van der Waals surface area (Å²) in [6.45, 7) is 6.69. The van der Waals surface area contributed by atoms with Crippen molar-refractivity contribution in [3.8, 4) is 0 Å². The van der Waals surface area contributed by atoms with Crippen LogP contribution in [-0.4, -0.2) is 81.0 Å². The molecule has 1 N–H and O–H groups in total. The van der Waals surface area contributed by atoms with Gasteiger partial charge in [0.25, 0.3) is 0 Å². The number of aromatic nitrogens is 1. The number of rotatable bonds is 6. The third kappa shape index (κ3) is 7.72. The molecule has 7 nitrogen and oxygen atoms in total. The minimum absolute atomic E-state index is 0. The van der Waals surface area contributed by atoms with E-state index in [4.69, 9.17) is 37.7 Å². The lowest BCUT2D eigenvalue weighted by Gasteiger charge is -2.37. The van der Waals surface area contributed by atoms with Gasteiger partial charge < -0.3 is 24.6 Å². The summed E-state index contributed by atoms with van der Waals surface area (Å²) in [5.41, 5.74) is 1.06. The third-order valence-corrected chi connectivity index (χ3v) is 6.16. The summed E-state index contributed by atoms with van der Waals surface area (Å²) in [4.78, 5) is 14.0. The quantitative estimate of drug-likeness (QED) is 0.431. The molecule has 2 saturated heterocycles. The van der Waals surface area contributed by atoms with Gasteiger partial charge in [0.05, 0.1) is 26.4 Å². The highest BCUT2D eigenvalue weighted by atomic mass is 79.9. The molecule has 10 heteroatoms. The summed E-state index contributed by atoms with van der Waals surface area (Å²) in [6, 6.07) is 11.6. The maximum absolute atomic E-state index is 6.34. The van der Waals surface area contributed by atoms with Gasteiger partial charge in [-0.05, 0) is 36.2 Å². The Hall–Kier alpha value is -1.58. The average Bonchev–Trinajstić information content (AvgIpc) is 2.84. The van der Waals surface area contributed by atoms with Gasteiger partial charge in [0.2, 0.25) is 0 Å². The van der Waals surface area contributed by atoms with Crippen molar-refractivity contribution < 1.29 is 9.47 Å². The van der Waals surface area contributed by atoms with Crippen LogP contribution in [-0.2, 0) is 15.9 Å². The van der Waals surface area contributed by atoms with Gasteiger partial charge in [-0.2, -0.15) is 0 Å². The highest BCUT2D eigenvalue weighted by Gasteiger charge is 2.21. The van der Waals surface area contributed by atoms with Gasteiger partial charge >= 0.3 is 0 Å². The second-order valence-corrected chi connectivity index (χ2v) is 8.65. The molecule has 0 spiro atoms. The first kappa shape index (κ1) is 26.0. The van der Waals surface area contributed by atoms with Crippen LogP contribution in [0.1, 0.15) is 5.56 Å². The van der Waals surface area contributed by atoms with Crippen LogP contribution >= 0.6 is 40.2 Å². The van der Waals surface area contributed by atoms with E-state index in [9.17, 15) is 0 Å². The van der Waals surface area contributed by atoms with Gasteiger partial charge in [0.1, 0.15) is 11.9 Å². The Morgan fingerprint density at radius 2 is 1.97 bits per heavy atom. The molecule has 1 aromatic carbocycles. The Balaban J connectivity index is 0.00000306. The summed E-state index contributed by atoms with van der Waals surface area (Å²) in [7, 11) is 0. The normalized spacial score (nSPS) is 19.2. The molecule has 4 rings (SSSR count). The van der Waals surface area contributed by atoms with E-state index in [1.54, 1.807) is 6.07 Å². The van der Waals surface area contributed by atoms with Crippen molar-refractivity contribution in [2.75, 3.05) is 64.0 Å². The van der Waals surface area contributed by atoms with Gasteiger partial charge in [0.15, 0.2) is 5.96 Å². The number of hydrogen-bond donors (Lipinski definition) is 1. The number of ether oxygens (including phenoxy) is 2. The van der Waals surface area contributed by atoms with Crippen LogP contribution in [0.2, 0.25) is 10.0 Å². The lowest BCUT2D eigenvalue weighted by molar-refractivity contribution is -0.0833. The van der Waals surface area contributed by atoms with Crippen molar-refractivity contribution in [1.29, 1.82) is 0 Å². The topological polar surface area (TPSA) is 62.2 Å². The van der Waals surface area contributed by atoms with E-state index in [0.29, 0.717) is 36.4 Å². The summed E-state index contributed by atoms with van der Waals surface area (Å²) < 4.78 is 11.3. The Morgan fingerprint density at radius 3 is 2.67 bits per heavy atom. The molecule has 2 aliphatic heterocycles. The molecule has 0 radical (unpaired) electrons. The van der Waals surface area contributed by atoms with Crippen molar-refractivity contribution in [1.82, 2.24) is 15.2 Å². The van der Waals surface area contributed by atoms with E-state index >= 15 is 0 Å². The lowest BCUT2D eigenvalue weighted by Crippen LogP contribution is -2.53. The van der Waals surface area contributed by atoms with Crippen LogP contribution in [0.15, 0.2) is 47.6 Å². The molecule has 0 amide bonds. The number of halogens is 3. The van der Waals surface area contributed by atoms with Crippen molar-refractivity contribution >= 4 is 52.0 Å². The van der Waals surface area contributed by atoms with Crippen LogP contribution in [0.25, 0.3) is 0 Å². The van der Waals surface area contributed by atoms with Crippen LogP contribution in [0.5, 0.6) is 0 Å². The SMILES string of the molecule is Br.Clc1ccc(CCNC(=NC[C@H]2COCCO2)N2CCN(c3ccccn3)CC2)c(Cl)c1. The van der Waals surface area contributed by atoms with E-state index < -0.39 is 0 Å². The molecular formula is C23H30BrCl2N5O2. The first-order chi connectivity index (χ1) is 15.7. The predicted molar refractivity (Wildman–Crippen MR) is 139 cm³/mol. The number of piperazine rings is 1. The Morgan fingerprint density at radius 1 is 1.12 bits per heavy atom. The predicted octanol–water partition coefficient (Wildman–Crippen LogP) is 3.69. The minimum atomic E-state index is 0.